The van der Waals surface area contributed by atoms with Gasteiger partial charge in [-0.3, -0.25) is 9.69 Å². The first kappa shape index (κ1) is 23.2. The van der Waals surface area contributed by atoms with Gasteiger partial charge in [-0.05, 0) is 98.6 Å². The molecule has 8 heteroatoms. The van der Waals surface area contributed by atoms with Crippen LogP contribution in [0.15, 0.2) is 6.07 Å². The van der Waals surface area contributed by atoms with Gasteiger partial charge in [-0.2, -0.15) is 0 Å². The zero-order valence-corrected chi connectivity index (χ0v) is 22.3. The number of rotatable bonds is 4. The van der Waals surface area contributed by atoms with Crippen molar-refractivity contribution in [1.82, 2.24) is 4.90 Å². The second-order valence-electron chi connectivity index (χ2n) is 9.80. The fourth-order valence-electron chi connectivity index (χ4n) is 5.84. The minimum Gasteiger partial charge on any atom is -0.423 e. The first-order valence-electron chi connectivity index (χ1n) is 10.9. The van der Waals surface area contributed by atoms with Crippen LogP contribution in [0.2, 0.25) is 0 Å². The maximum Gasteiger partial charge on any atom is 1.00 e. The molecule has 1 saturated carbocycles. The number of benzene rings is 1. The number of hydrogen-bond donors (Lipinski definition) is 1. The topological polar surface area (TPSA) is 80.6 Å². The molecule has 0 aromatic heterocycles. The molecule has 4 aliphatic rings. The van der Waals surface area contributed by atoms with E-state index in [9.17, 15) is 13.2 Å². The first-order chi connectivity index (χ1) is 13.8. The maximum absolute atomic E-state index is 12.7. The molecule has 0 radical (unpaired) electrons. The number of likely N-dealkylation sites (tertiary alicyclic amines) is 1. The van der Waals surface area contributed by atoms with E-state index in [-0.39, 0.29) is 56.8 Å². The average Bonchev–Trinajstić information content (AvgIpc) is 3.19. The van der Waals surface area contributed by atoms with Crippen LogP contribution in [-0.4, -0.2) is 43.7 Å². The standard InChI is InChI=1S/C22H31N3O3S.K/c1-14(2)25-12-22(13-25)10-17(11-22)29(27,28)24-21(26)23-20-18-7-3-5-15(18)9-16-6-4-8-19(16)20;/h9,14,17H,3-8,10-13H2,1-2H3,(H2,23,24,26);/q;+1/p-1. The summed E-state index contributed by atoms with van der Waals surface area (Å²) in [7, 11) is -3.76. The number of aryl methyl sites for hydroxylation is 2. The number of anilines is 1. The Morgan fingerprint density at radius 3 is 2.20 bits per heavy atom. The molecular formula is C22H30KN3O3S. The van der Waals surface area contributed by atoms with Crippen LogP contribution in [0.1, 0.15) is 61.8 Å². The third-order valence-electron chi connectivity index (χ3n) is 7.47. The predicted molar refractivity (Wildman–Crippen MR) is 114 cm³/mol. The molecule has 0 unspecified atom stereocenters. The SMILES string of the molecule is CC(C)N1CC2(CC(S(=O)(=O)[N-]C(=O)Nc3c4c(cc5c3CCC5)CCC4)C2)C1.[K+]. The summed E-state index contributed by atoms with van der Waals surface area (Å²) in [5.41, 5.74) is 5.99. The van der Waals surface area contributed by atoms with Crippen molar-refractivity contribution >= 4 is 21.7 Å². The molecule has 5 rings (SSSR count). The smallest absolute Gasteiger partial charge is 0.423 e. The number of urea groups is 1. The molecule has 1 aliphatic heterocycles. The molecule has 1 aromatic carbocycles. The normalized spacial score (nSPS) is 22.1. The van der Waals surface area contributed by atoms with Crippen LogP contribution in [0.25, 0.3) is 4.72 Å². The van der Waals surface area contributed by atoms with E-state index in [1.54, 1.807) is 0 Å². The Labute approximate surface area is 222 Å². The molecule has 1 aromatic rings. The maximum atomic E-state index is 12.7. The van der Waals surface area contributed by atoms with Crippen molar-refractivity contribution in [3.05, 3.63) is 33.0 Å². The van der Waals surface area contributed by atoms with Crippen LogP contribution < -0.4 is 56.7 Å². The number of carbonyl (C=O) groups is 1. The number of sulfonamides is 1. The van der Waals surface area contributed by atoms with Crippen LogP contribution in [0.3, 0.4) is 0 Å². The van der Waals surface area contributed by atoms with Crippen LogP contribution in [-0.2, 0) is 35.7 Å². The van der Waals surface area contributed by atoms with Gasteiger partial charge >= 0.3 is 51.4 Å². The third kappa shape index (κ3) is 4.06. The fourth-order valence-corrected chi connectivity index (χ4v) is 7.40. The van der Waals surface area contributed by atoms with Crippen molar-refractivity contribution in [1.29, 1.82) is 0 Å². The Hall–Kier alpha value is 0.0364. The molecule has 0 bridgehead atoms. The van der Waals surface area contributed by atoms with Gasteiger partial charge in [0.25, 0.3) is 0 Å². The van der Waals surface area contributed by atoms with Gasteiger partial charge in [-0.1, -0.05) is 6.07 Å². The Kier molecular flexibility index (Phi) is 6.52. The predicted octanol–water partition coefficient (Wildman–Crippen LogP) is 0.776. The van der Waals surface area contributed by atoms with Crippen molar-refractivity contribution in [3.63, 3.8) is 0 Å². The molecule has 1 saturated heterocycles. The number of nitrogens with zero attached hydrogens (tertiary/aromatic N) is 2. The number of fused-ring (bicyclic) bond motifs is 2. The van der Waals surface area contributed by atoms with Gasteiger partial charge < -0.3 is 10.0 Å². The average molecular weight is 456 g/mol. The molecule has 2 amide bonds. The molecule has 3 aliphatic carbocycles. The van der Waals surface area contributed by atoms with Gasteiger partial charge in [-0.15, -0.1) is 0 Å². The van der Waals surface area contributed by atoms with Crippen LogP contribution in [0.5, 0.6) is 0 Å². The molecule has 1 N–H and O–H groups in total. The van der Waals surface area contributed by atoms with E-state index in [2.05, 4.69) is 34.9 Å². The van der Waals surface area contributed by atoms with E-state index >= 15 is 0 Å². The van der Waals surface area contributed by atoms with E-state index in [1.165, 1.54) is 22.3 Å². The molecule has 30 heavy (non-hydrogen) atoms. The Balaban J connectivity index is 0.00000218. The third-order valence-corrected chi connectivity index (χ3v) is 9.06. The summed E-state index contributed by atoms with van der Waals surface area (Å²) in [6.45, 7) is 6.25. The van der Waals surface area contributed by atoms with E-state index in [1.807, 2.05) is 0 Å². The van der Waals surface area contributed by atoms with Crippen molar-refractivity contribution < 1.29 is 64.6 Å². The molecule has 0 atom stereocenters. The van der Waals surface area contributed by atoms with E-state index in [0.717, 1.165) is 57.3 Å². The quantitative estimate of drug-likeness (QED) is 0.681. The fraction of sp³-hybridized carbons (Fsp3) is 0.682. The number of carbonyl (C=O) groups excluding carboxylic acids is 1. The van der Waals surface area contributed by atoms with Crippen molar-refractivity contribution in [2.24, 2.45) is 5.41 Å². The molecular weight excluding hydrogens is 425 g/mol. The summed E-state index contributed by atoms with van der Waals surface area (Å²) in [4.78, 5) is 15.0. The van der Waals surface area contributed by atoms with Gasteiger partial charge in [-0.25, -0.2) is 8.42 Å². The van der Waals surface area contributed by atoms with E-state index < -0.39 is 21.3 Å². The Morgan fingerprint density at radius 1 is 1.10 bits per heavy atom. The number of nitrogens with one attached hydrogen (secondary N) is 1. The van der Waals surface area contributed by atoms with E-state index in [4.69, 9.17) is 0 Å². The summed E-state index contributed by atoms with van der Waals surface area (Å²) in [6, 6.07) is 2.07. The largest absolute Gasteiger partial charge is 1.00 e. The Morgan fingerprint density at radius 2 is 1.67 bits per heavy atom. The minimum atomic E-state index is -3.76. The van der Waals surface area contributed by atoms with Crippen LogP contribution in [0, 0.1) is 5.41 Å². The van der Waals surface area contributed by atoms with Gasteiger partial charge in [0.1, 0.15) is 0 Å². The van der Waals surface area contributed by atoms with Crippen molar-refractivity contribution in [2.45, 2.75) is 76.5 Å². The van der Waals surface area contributed by atoms with Gasteiger partial charge in [0.05, 0.1) is 5.25 Å². The first-order valence-corrected chi connectivity index (χ1v) is 12.5. The van der Waals surface area contributed by atoms with Gasteiger partial charge in [0.2, 0.25) is 0 Å². The Bertz CT molecular complexity index is 930. The second-order valence-corrected chi connectivity index (χ2v) is 11.7. The van der Waals surface area contributed by atoms with Crippen molar-refractivity contribution in [3.8, 4) is 0 Å². The van der Waals surface area contributed by atoms with Crippen molar-refractivity contribution in [2.75, 3.05) is 18.4 Å². The summed E-state index contributed by atoms with van der Waals surface area (Å²) in [5.74, 6) is 0. The molecule has 2 fully saturated rings. The second kappa shape index (κ2) is 8.43. The monoisotopic (exact) mass is 455 g/mol. The van der Waals surface area contributed by atoms with Crippen LogP contribution >= 0.6 is 0 Å². The summed E-state index contributed by atoms with van der Waals surface area (Å²) < 4.78 is 29.0. The molecule has 1 spiro atoms. The van der Waals surface area contributed by atoms with Gasteiger partial charge in [0, 0.05) is 19.1 Å². The van der Waals surface area contributed by atoms with Crippen LogP contribution in [0.4, 0.5) is 10.5 Å². The minimum absolute atomic E-state index is 0. The van der Waals surface area contributed by atoms with E-state index in [0.29, 0.717) is 18.9 Å². The molecule has 158 valence electrons. The summed E-state index contributed by atoms with van der Waals surface area (Å²) in [5, 5.41) is 2.37. The zero-order chi connectivity index (χ0) is 20.4. The molecule has 1 heterocycles. The summed E-state index contributed by atoms with van der Waals surface area (Å²) in [6.07, 6.45) is 7.42. The molecule has 6 nitrogen and oxygen atoms in total. The zero-order valence-electron chi connectivity index (χ0n) is 18.3. The number of amides is 2. The summed E-state index contributed by atoms with van der Waals surface area (Å²) >= 11 is 0. The number of hydrogen-bond acceptors (Lipinski definition) is 4. The van der Waals surface area contributed by atoms with Gasteiger partial charge in [0.15, 0.2) is 16.1 Å².